The van der Waals surface area contributed by atoms with Gasteiger partial charge in [0.15, 0.2) is 11.6 Å². The zero-order chi connectivity index (χ0) is 29.0. The number of benzene rings is 3. The smallest absolute Gasteiger partial charge is 0.271 e. The fourth-order valence-electron chi connectivity index (χ4n) is 5.93. The van der Waals surface area contributed by atoms with Gasteiger partial charge in [-0.05, 0) is 30.7 Å². The van der Waals surface area contributed by atoms with E-state index in [4.69, 9.17) is 0 Å². The number of anilines is 1. The van der Waals surface area contributed by atoms with Crippen LogP contribution in [0.15, 0.2) is 101 Å². The summed E-state index contributed by atoms with van der Waals surface area (Å²) in [5.41, 5.74) is 1.54. The lowest BCUT2D eigenvalue weighted by Gasteiger charge is -2.33. The van der Waals surface area contributed by atoms with Gasteiger partial charge in [0.05, 0.1) is 28.5 Å². The highest BCUT2D eigenvalue weighted by Crippen LogP contribution is 2.48. The van der Waals surface area contributed by atoms with E-state index in [-0.39, 0.29) is 22.9 Å². The third kappa shape index (κ3) is 4.31. The van der Waals surface area contributed by atoms with Gasteiger partial charge in [-0.1, -0.05) is 70.5 Å². The Kier molecular flexibility index (Phi) is 6.50. The van der Waals surface area contributed by atoms with E-state index in [1.54, 1.807) is 84.8 Å². The molecule has 0 radical (unpaired) electrons. The summed E-state index contributed by atoms with van der Waals surface area (Å²) in [6, 6.07) is 17.7. The number of ketones is 2. The number of nitrogens with zero attached hydrogens (tertiary/aromatic N) is 3. The Bertz CT molecular complexity index is 1700. The van der Waals surface area contributed by atoms with Crippen molar-refractivity contribution in [1.82, 2.24) is 4.90 Å². The van der Waals surface area contributed by atoms with Crippen LogP contribution in [0.25, 0.3) is 0 Å². The second kappa shape index (κ2) is 10.0. The molecule has 3 heterocycles. The Morgan fingerprint density at radius 3 is 2.27 bits per heavy atom. The summed E-state index contributed by atoms with van der Waals surface area (Å²) < 4.78 is 0.778. The Morgan fingerprint density at radius 1 is 0.902 bits per heavy atom. The zero-order valence-corrected chi connectivity index (χ0v) is 23.2. The summed E-state index contributed by atoms with van der Waals surface area (Å²) in [5, 5.41) is 11.5. The van der Waals surface area contributed by atoms with Crippen molar-refractivity contribution in [3.8, 4) is 0 Å². The van der Waals surface area contributed by atoms with Crippen molar-refractivity contribution in [2.75, 3.05) is 4.90 Å². The molecule has 0 spiro atoms. The zero-order valence-electron chi connectivity index (χ0n) is 21.6. The molecule has 0 saturated carbocycles. The lowest BCUT2D eigenvalue weighted by atomic mass is 9.85. The van der Waals surface area contributed by atoms with Gasteiger partial charge in [0.2, 0.25) is 11.8 Å². The predicted molar refractivity (Wildman–Crippen MR) is 153 cm³/mol. The van der Waals surface area contributed by atoms with Gasteiger partial charge in [-0.15, -0.1) is 0 Å². The predicted octanol–water partition coefficient (Wildman–Crippen LogP) is 5.04. The minimum absolute atomic E-state index is 0.112. The maximum absolute atomic E-state index is 14.0. The largest absolute Gasteiger partial charge is 0.359 e. The highest BCUT2D eigenvalue weighted by atomic mass is 79.9. The summed E-state index contributed by atoms with van der Waals surface area (Å²) >= 11 is 3.37. The number of nitro groups is 1. The number of Topliss-reactive ketones (excluding diaryl/α,β-unsaturated/α-hetero) is 2. The van der Waals surface area contributed by atoms with Crippen LogP contribution in [0.4, 0.5) is 11.4 Å². The number of carbonyl (C=O) groups excluding carboxylic acids is 4. The number of rotatable bonds is 6. The van der Waals surface area contributed by atoms with Crippen LogP contribution in [0, 0.1) is 28.9 Å². The summed E-state index contributed by atoms with van der Waals surface area (Å²) in [7, 11) is 0. The lowest BCUT2D eigenvalue weighted by Crippen LogP contribution is -2.46. The molecule has 0 bridgehead atoms. The molecule has 3 aliphatic heterocycles. The highest BCUT2D eigenvalue weighted by molar-refractivity contribution is 9.10. The molecule has 2 saturated heterocycles. The molecule has 41 heavy (non-hydrogen) atoms. The molecule has 0 unspecified atom stereocenters. The van der Waals surface area contributed by atoms with Crippen LogP contribution >= 0.6 is 15.9 Å². The number of amides is 2. The maximum atomic E-state index is 14.0. The van der Waals surface area contributed by atoms with E-state index in [1.165, 1.54) is 18.2 Å². The molecule has 0 aromatic heterocycles. The number of carbonyl (C=O) groups is 4. The van der Waals surface area contributed by atoms with E-state index in [0.717, 1.165) is 9.37 Å². The Balaban J connectivity index is 1.45. The van der Waals surface area contributed by atoms with Crippen LogP contribution in [0.3, 0.4) is 0 Å². The molecule has 3 aromatic rings. The van der Waals surface area contributed by atoms with Crippen LogP contribution < -0.4 is 4.90 Å². The number of aryl methyl sites for hydroxylation is 1. The Hall–Kier alpha value is -4.70. The Morgan fingerprint density at radius 2 is 1.59 bits per heavy atom. The molecule has 3 aliphatic rings. The van der Waals surface area contributed by atoms with E-state index < -0.39 is 40.7 Å². The van der Waals surface area contributed by atoms with Crippen molar-refractivity contribution >= 4 is 50.7 Å². The van der Waals surface area contributed by atoms with Crippen molar-refractivity contribution < 1.29 is 24.1 Å². The van der Waals surface area contributed by atoms with E-state index in [0.29, 0.717) is 22.3 Å². The van der Waals surface area contributed by atoms with E-state index in [1.807, 2.05) is 0 Å². The second-order valence-corrected chi connectivity index (χ2v) is 11.1. The van der Waals surface area contributed by atoms with Gasteiger partial charge >= 0.3 is 0 Å². The first-order chi connectivity index (χ1) is 19.7. The van der Waals surface area contributed by atoms with Crippen molar-refractivity contribution in [3.63, 3.8) is 0 Å². The highest BCUT2D eigenvalue weighted by Gasteiger charge is 2.63. The van der Waals surface area contributed by atoms with Crippen LogP contribution in [0.5, 0.6) is 0 Å². The number of imide groups is 1. The summed E-state index contributed by atoms with van der Waals surface area (Å²) in [4.78, 5) is 68.9. The second-order valence-electron chi connectivity index (χ2n) is 10.2. The lowest BCUT2D eigenvalue weighted by molar-refractivity contribution is -0.384. The van der Waals surface area contributed by atoms with Gasteiger partial charge in [-0.25, -0.2) is 4.90 Å². The number of fused-ring (bicyclic) bond motifs is 3. The minimum atomic E-state index is -1.06. The van der Waals surface area contributed by atoms with Gasteiger partial charge in [0.25, 0.3) is 5.69 Å². The first kappa shape index (κ1) is 26.5. The fraction of sp³-hybridized carbons (Fsp3) is 0.161. The number of non-ortho nitro benzene ring substituents is 1. The molecule has 4 atom stereocenters. The average Bonchev–Trinajstić information content (AvgIpc) is 3.44. The van der Waals surface area contributed by atoms with Gasteiger partial charge in [0.1, 0.15) is 6.04 Å². The van der Waals surface area contributed by atoms with Crippen molar-refractivity contribution in [1.29, 1.82) is 0 Å². The molecule has 3 aromatic carbocycles. The number of halogens is 1. The van der Waals surface area contributed by atoms with Crippen molar-refractivity contribution in [3.05, 3.63) is 128 Å². The summed E-state index contributed by atoms with van der Waals surface area (Å²) in [5.74, 6) is -3.80. The number of nitro benzene ring substituents is 1. The molecule has 6 rings (SSSR count). The van der Waals surface area contributed by atoms with Crippen LogP contribution in [0.2, 0.25) is 0 Å². The topological polar surface area (TPSA) is 118 Å². The number of hydrogen-bond donors (Lipinski definition) is 0. The Labute approximate surface area is 243 Å². The van der Waals surface area contributed by atoms with Crippen LogP contribution in [-0.4, -0.2) is 45.3 Å². The monoisotopic (exact) mass is 611 g/mol. The van der Waals surface area contributed by atoms with Crippen molar-refractivity contribution in [2.24, 2.45) is 11.8 Å². The molecule has 0 aliphatic carbocycles. The molecular formula is C31H22BrN3O6. The van der Waals surface area contributed by atoms with Crippen molar-refractivity contribution in [2.45, 2.75) is 19.0 Å². The van der Waals surface area contributed by atoms with Crippen LogP contribution in [0.1, 0.15) is 26.3 Å². The minimum Gasteiger partial charge on any atom is -0.359 e. The normalized spacial score (nSPS) is 22.8. The first-order valence-electron chi connectivity index (χ1n) is 12.9. The first-order valence-corrected chi connectivity index (χ1v) is 13.7. The molecule has 0 N–H and O–H groups in total. The third-order valence-electron chi connectivity index (χ3n) is 7.89. The summed E-state index contributed by atoms with van der Waals surface area (Å²) in [6.07, 6.45) is 4.87. The third-order valence-corrected chi connectivity index (χ3v) is 8.42. The van der Waals surface area contributed by atoms with Gasteiger partial charge < -0.3 is 4.90 Å². The molecule has 204 valence electrons. The van der Waals surface area contributed by atoms with Gasteiger partial charge in [-0.2, -0.15) is 0 Å². The number of allylic oxidation sites excluding steroid dienone is 2. The SMILES string of the molecule is Cc1ccc([N+](=O)[O-])cc1N1C(=O)[C@@H]2[C@H](C1=O)[C@H](C(=O)c1ccc(Br)cc1)N1C=CC(C(=O)c3ccccc3)=C[C@H]21. The van der Waals surface area contributed by atoms with E-state index in [9.17, 15) is 29.3 Å². The fourth-order valence-corrected chi connectivity index (χ4v) is 6.19. The average molecular weight is 612 g/mol. The van der Waals surface area contributed by atoms with Gasteiger partial charge in [-0.3, -0.25) is 29.3 Å². The summed E-state index contributed by atoms with van der Waals surface area (Å²) in [6.45, 7) is 1.66. The number of hydrogen-bond acceptors (Lipinski definition) is 7. The molecule has 10 heteroatoms. The molecule has 2 fully saturated rings. The quantitative estimate of drug-likeness (QED) is 0.166. The van der Waals surface area contributed by atoms with Gasteiger partial charge in [0, 0.05) is 39.5 Å². The molecule has 2 amide bonds. The molecule has 9 nitrogen and oxygen atoms in total. The van der Waals surface area contributed by atoms with E-state index in [2.05, 4.69) is 15.9 Å². The standard InChI is InChI=1S/C31H22BrN3O6/c1-17-7-12-22(35(40)41)16-23(17)34-30(38)25-24-15-20(28(36)18-5-3-2-4-6-18)13-14-33(24)27(26(25)31(34)39)29(37)19-8-10-21(32)11-9-19/h2-16,24-27H,1H3/t24-,25+,26+,27-/m1/s1. The van der Waals surface area contributed by atoms with E-state index >= 15 is 0 Å². The van der Waals surface area contributed by atoms with Crippen LogP contribution in [-0.2, 0) is 9.59 Å². The molecular weight excluding hydrogens is 590 g/mol. The maximum Gasteiger partial charge on any atom is 0.271 e.